The van der Waals surface area contributed by atoms with Gasteiger partial charge in [-0.1, -0.05) is 83.9 Å². The highest BCUT2D eigenvalue weighted by Gasteiger charge is 2.48. The molecule has 0 N–H and O–H groups in total. The Balaban J connectivity index is 2.10. The standard InChI is InChI=1S/C31H30/c1-19-13-15-25-26-16-14-20(2)18-28(26)31(27(25)17-19,29-21(3)9-7-10-22(29)4)30-23(5)11-8-12-24(30)6/h7-18H,1-6H3. The molecule has 0 amide bonds. The van der Waals surface area contributed by atoms with E-state index in [0.717, 1.165) is 0 Å². The predicted molar refractivity (Wildman–Crippen MR) is 132 cm³/mol. The van der Waals surface area contributed by atoms with Gasteiger partial charge in [-0.25, -0.2) is 0 Å². The number of benzene rings is 4. The molecular formula is C31H30. The summed E-state index contributed by atoms with van der Waals surface area (Å²) in [7, 11) is 0. The minimum absolute atomic E-state index is 0.312. The summed E-state index contributed by atoms with van der Waals surface area (Å²) in [5, 5.41) is 0. The van der Waals surface area contributed by atoms with Gasteiger partial charge in [-0.3, -0.25) is 0 Å². The van der Waals surface area contributed by atoms with Crippen LogP contribution in [-0.4, -0.2) is 0 Å². The first-order valence-corrected chi connectivity index (χ1v) is 11.2. The molecule has 4 aromatic carbocycles. The summed E-state index contributed by atoms with van der Waals surface area (Å²) in [5.41, 5.74) is 16.2. The van der Waals surface area contributed by atoms with Crippen LogP contribution in [0.4, 0.5) is 0 Å². The third kappa shape index (κ3) is 2.67. The van der Waals surface area contributed by atoms with Crippen molar-refractivity contribution in [3.05, 3.63) is 128 Å². The normalized spacial score (nSPS) is 13.7. The first-order chi connectivity index (χ1) is 14.9. The molecule has 0 heterocycles. The lowest BCUT2D eigenvalue weighted by Gasteiger charge is -2.38. The average Bonchev–Trinajstić information content (AvgIpc) is 2.97. The molecule has 4 aromatic rings. The summed E-state index contributed by atoms with van der Waals surface area (Å²) in [6, 6.07) is 27.5. The summed E-state index contributed by atoms with van der Waals surface area (Å²) < 4.78 is 0. The summed E-state index contributed by atoms with van der Waals surface area (Å²) in [5.74, 6) is 0. The molecule has 0 saturated heterocycles. The fraction of sp³-hybridized carbons (Fsp3) is 0.226. The average molecular weight is 403 g/mol. The lowest BCUT2D eigenvalue weighted by Crippen LogP contribution is -2.32. The molecular weight excluding hydrogens is 372 g/mol. The van der Waals surface area contributed by atoms with Crippen LogP contribution in [-0.2, 0) is 5.41 Å². The van der Waals surface area contributed by atoms with Gasteiger partial charge in [0.05, 0.1) is 5.41 Å². The Labute approximate surface area is 186 Å². The molecule has 0 nitrogen and oxygen atoms in total. The van der Waals surface area contributed by atoms with Crippen molar-refractivity contribution < 1.29 is 0 Å². The molecule has 5 rings (SSSR count). The largest absolute Gasteiger partial charge is 0.0723 e. The van der Waals surface area contributed by atoms with Gasteiger partial charge >= 0.3 is 0 Å². The quantitative estimate of drug-likeness (QED) is 0.281. The molecule has 0 atom stereocenters. The molecule has 0 fully saturated rings. The van der Waals surface area contributed by atoms with Crippen LogP contribution in [0.5, 0.6) is 0 Å². The van der Waals surface area contributed by atoms with E-state index in [0.29, 0.717) is 0 Å². The van der Waals surface area contributed by atoms with Crippen LogP contribution in [0.1, 0.15) is 55.6 Å². The van der Waals surface area contributed by atoms with E-state index in [4.69, 9.17) is 0 Å². The minimum Gasteiger partial charge on any atom is -0.0617 e. The van der Waals surface area contributed by atoms with E-state index >= 15 is 0 Å². The van der Waals surface area contributed by atoms with Gasteiger partial charge in [0.15, 0.2) is 0 Å². The van der Waals surface area contributed by atoms with Gasteiger partial charge in [-0.2, -0.15) is 0 Å². The predicted octanol–water partition coefficient (Wildman–Crippen LogP) is 7.90. The molecule has 0 unspecified atom stereocenters. The van der Waals surface area contributed by atoms with Crippen LogP contribution in [0.15, 0.2) is 72.8 Å². The second-order valence-corrected chi connectivity index (χ2v) is 9.38. The summed E-state index contributed by atoms with van der Waals surface area (Å²) in [4.78, 5) is 0. The van der Waals surface area contributed by atoms with Crippen LogP contribution in [0.2, 0.25) is 0 Å². The van der Waals surface area contributed by atoms with Crippen molar-refractivity contribution in [3.63, 3.8) is 0 Å². The number of rotatable bonds is 2. The zero-order valence-electron chi connectivity index (χ0n) is 19.4. The van der Waals surface area contributed by atoms with E-state index in [9.17, 15) is 0 Å². The van der Waals surface area contributed by atoms with E-state index < -0.39 is 0 Å². The van der Waals surface area contributed by atoms with Crippen LogP contribution in [0.3, 0.4) is 0 Å². The molecule has 0 spiro atoms. The Morgan fingerprint density at radius 3 is 1.16 bits per heavy atom. The van der Waals surface area contributed by atoms with Crippen molar-refractivity contribution in [1.29, 1.82) is 0 Å². The van der Waals surface area contributed by atoms with Gasteiger partial charge in [0.25, 0.3) is 0 Å². The summed E-state index contributed by atoms with van der Waals surface area (Å²) in [6.45, 7) is 13.5. The van der Waals surface area contributed by atoms with Gasteiger partial charge in [-0.15, -0.1) is 0 Å². The van der Waals surface area contributed by atoms with Crippen LogP contribution >= 0.6 is 0 Å². The number of hydrogen-bond acceptors (Lipinski definition) is 0. The van der Waals surface area contributed by atoms with Gasteiger partial charge < -0.3 is 0 Å². The maximum atomic E-state index is 2.43. The molecule has 1 aliphatic rings. The Morgan fingerprint density at radius 1 is 0.452 bits per heavy atom. The van der Waals surface area contributed by atoms with Crippen molar-refractivity contribution in [2.45, 2.75) is 47.0 Å². The highest BCUT2D eigenvalue weighted by molar-refractivity contribution is 5.88. The molecule has 0 bridgehead atoms. The molecule has 0 radical (unpaired) electrons. The van der Waals surface area contributed by atoms with Crippen molar-refractivity contribution in [2.75, 3.05) is 0 Å². The monoisotopic (exact) mass is 402 g/mol. The topological polar surface area (TPSA) is 0 Å². The SMILES string of the molecule is Cc1ccc2c(c1)C(c1c(C)cccc1C)(c1c(C)cccc1C)c1cc(C)ccc1-2. The third-order valence-corrected chi connectivity index (χ3v) is 7.16. The van der Waals surface area contributed by atoms with Crippen LogP contribution in [0.25, 0.3) is 11.1 Å². The number of aryl methyl sites for hydroxylation is 6. The fourth-order valence-corrected chi connectivity index (χ4v) is 6.03. The fourth-order valence-electron chi connectivity index (χ4n) is 6.03. The third-order valence-electron chi connectivity index (χ3n) is 7.16. The second-order valence-electron chi connectivity index (χ2n) is 9.38. The highest BCUT2D eigenvalue weighted by atomic mass is 14.5. The smallest absolute Gasteiger partial charge is 0.0617 e. The molecule has 0 aromatic heterocycles. The first kappa shape index (κ1) is 19.8. The molecule has 31 heavy (non-hydrogen) atoms. The molecule has 0 aliphatic heterocycles. The lowest BCUT2D eigenvalue weighted by atomic mass is 9.63. The molecule has 1 aliphatic carbocycles. The van der Waals surface area contributed by atoms with Crippen molar-refractivity contribution >= 4 is 0 Å². The van der Waals surface area contributed by atoms with Crippen molar-refractivity contribution in [1.82, 2.24) is 0 Å². The Hall–Kier alpha value is -3.12. The van der Waals surface area contributed by atoms with E-state index in [1.165, 1.54) is 66.8 Å². The Morgan fingerprint density at radius 2 is 0.806 bits per heavy atom. The summed E-state index contributed by atoms with van der Waals surface area (Å²) in [6.07, 6.45) is 0. The van der Waals surface area contributed by atoms with E-state index in [2.05, 4.69) is 114 Å². The second kappa shape index (κ2) is 6.95. The maximum Gasteiger partial charge on any atom is 0.0723 e. The summed E-state index contributed by atoms with van der Waals surface area (Å²) >= 11 is 0. The lowest BCUT2D eigenvalue weighted by molar-refractivity contribution is 0.738. The zero-order valence-corrected chi connectivity index (χ0v) is 19.4. The highest BCUT2D eigenvalue weighted by Crippen LogP contribution is 2.58. The first-order valence-electron chi connectivity index (χ1n) is 11.2. The van der Waals surface area contributed by atoms with Crippen molar-refractivity contribution in [3.8, 4) is 11.1 Å². The van der Waals surface area contributed by atoms with E-state index in [1.54, 1.807) is 0 Å². The van der Waals surface area contributed by atoms with Gasteiger partial charge in [0, 0.05) is 0 Å². The van der Waals surface area contributed by atoms with Crippen molar-refractivity contribution in [2.24, 2.45) is 0 Å². The minimum atomic E-state index is -0.312. The van der Waals surface area contributed by atoms with E-state index in [1.807, 2.05) is 0 Å². The zero-order chi connectivity index (χ0) is 21.9. The van der Waals surface area contributed by atoms with Gasteiger partial charge in [-0.05, 0) is 97.2 Å². The number of hydrogen-bond donors (Lipinski definition) is 0. The number of fused-ring (bicyclic) bond motifs is 3. The molecule has 154 valence electrons. The molecule has 0 heteroatoms. The van der Waals surface area contributed by atoms with Gasteiger partial charge in [0.2, 0.25) is 0 Å². The van der Waals surface area contributed by atoms with Crippen LogP contribution < -0.4 is 0 Å². The Kier molecular flexibility index (Phi) is 4.45. The Bertz CT molecular complexity index is 1190. The maximum absolute atomic E-state index is 2.43. The van der Waals surface area contributed by atoms with Gasteiger partial charge in [0.1, 0.15) is 0 Å². The molecule has 0 saturated carbocycles. The van der Waals surface area contributed by atoms with Crippen LogP contribution in [0, 0.1) is 41.5 Å². The van der Waals surface area contributed by atoms with E-state index in [-0.39, 0.29) is 5.41 Å².